The Hall–Kier alpha value is -0.910. The summed E-state index contributed by atoms with van der Waals surface area (Å²) in [5, 5.41) is 26.1. The quantitative estimate of drug-likeness (QED) is 0.412. The van der Waals surface area contributed by atoms with Gasteiger partial charge in [0.1, 0.15) is 12.5 Å². The summed E-state index contributed by atoms with van der Waals surface area (Å²) in [6, 6.07) is -0.172. The molecular weight excluding hydrogens is 420 g/mol. The first-order chi connectivity index (χ1) is 15.2. The first-order valence-electron chi connectivity index (χ1n) is 12.5. The monoisotopic (exact) mass is 462 g/mol. The minimum atomic E-state index is -0.662. The van der Waals surface area contributed by atoms with Crippen molar-refractivity contribution in [1.82, 2.24) is 10.2 Å². The molecule has 1 fully saturated rings. The molecule has 1 aliphatic heterocycles. The van der Waals surface area contributed by atoms with Crippen molar-refractivity contribution in [3.8, 4) is 0 Å². The molecule has 0 bridgehead atoms. The molecule has 180 valence electrons. The van der Waals surface area contributed by atoms with Gasteiger partial charge in [0, 0.05) is 24.5 Å². The molecular formula is C27H43ClN2O2. The van der Waals surface area contributed by atoms with Crippen LogP contribution in [-0.4, -0.2) is 46.7 Å². The van der Waals surface area contributed by atoms with Crippen molar-refractivity contribution in [2.45, 2.75) is 78.3 Å². The van der Waals surface area contributed by atoms with Crippen molar-refractivity contribution in [3.05, 3.63) is 47.1 Å². The maximum absolute atomic E-state index is 11.2. The van der Waals surface area contributed by atoms with E-state index in [2.05, 4.69) is 68.3 Å². The zero-order valence-corrected chi connectivity index (χ0v) is 21.0. The number of aliphatic hydroxyl groups is 2. The standard InChI is InChI=1S/C27H43ClN2O2/c1-18(2)21-7-5-20(6-8-21)17-25(31)29-26(19(3)4)27(32)30-15-13-23(14-16-30)22-9-11-24(28)12-10-22/h5-7,9,11-12,18-19,21-23,25-27,29,31-32H,8,10,13-17H2,1-4H3/t21?,22?,25?,26-,27?/m1/s1. The van der Waals surface area contributed by atoms with E-state index in [-0.39, 0.29) is 12.0 Å². The van der Waals surface area contributed by atoms with Gasteiger partial charge in [-0.05, 0) is 66.9 Å². The van der Waals surface area contributed by atoms with Gasteiger partial charge in [0.15, 0.2) is 0 Å². The van der Waals surface area contributed by atoms with Gasteiger partial charge in [0.05, 0.1) is 6.04 Å². The van der Waals surface area contributed by atoms with Crippen molar-refractivity contribution in [1.29, 1.82) is 0 Å². The highest BCUT2D eigenvalue weighted by Gasteiger charge is 2.33. The van der Waals surface area contributed by atoms with Crippen LogP contribution in [0.25, 0.3) is 0 Å². The molecule has 5 atom stereocenters. The van der Waals surface area contributed by atoms with Crippen LogP contribution in [-0.2, 0) is 0 Å². The number of nitrogens with one attached hydrogen (secondary N) is 1. The van der Waals surface area contributed by atoms with Gasteiger partial charge in [0.2, 0.25) is 0 Å². The van der Waals surface area contributed by atoms with Crippen molar-refractivity contribution in [2.24, 2.45) is 29.6 Å². The Balaban J connectivity index is 1.49. The van der Waals surface area contributed by atoms with Gasteiger partial charge in [-0.2, -0.15) is 0 Å². The number of rotatable bonds is 9. The van der Waals surface area contributed by atoms with E-state index in [1.807, 2.05) is 6.08 Å². The fourth-order valence-electron chi connectivity index (χ4n) is 5.25. The van der Waals surface area contributed by atoms with Crippen molar-refractivity contribution in [3.63, 3.8) is 0 Å². The van der Waals surface area contributed by atoms with Crippen LogP contribution in [0.4, 0.5) is 0 Å². The Morgan fingerprint density at radius 1 is 1.03 bits per heavy atom. The Labute approximate surface area is 200 Å². The molecule has 3 aliphatic rings. The molecule has 4 nitrogen and oxygen atoms in total. The third-order valence-electron chi connectivity index (χ3n) is 7.56. The van der Waals surface area contributed by atoms with E-state index in [1.54, 1.807) is 0 Å². The summed E-state index contributed by atoms with van der Waals surface area (Å²) < 4.78 is 0. The largest absolute Gasteiger partial charge is 0.378 e. The maximum Gasteiger partial charge on any atom is 0.123 e. The van der Waals surface area contributed by atoms with Crippen molar-refractivity contribution in [2.75, 3.05) is 13.1 Å². The number of likely N-dealkylation sites (tertiary alicyclic amines) is 1. The number of hydrogen-bond acceptors (Lipinski definition) is 4. The van der Waals surface area contributed by atoms with Gasteiger partial charge in [-0.15, -0.1) is 0 Å². The fourth-order valence-corrected chi connectivity index (χ4v) is 5.42. The van der Waals surface area contributed by atoms with Crippen LogP contribution >= 0.6 is 11.6 Å². The number of halogens is 1. The molecule has 1 heterocycles. The van der Waals surface area contributed by atoms with Crippen molar-refractivity contribution < 1.29 is 10.2 Å². The van der Waals surface area contributed by atoms with Crippen molar-refractivity contribution >= 4 is 11.6 Å². The van der Waals surface area contributed by atoms with Crippen LogP contribution in [0, 0.1) is 29.6 Å². The molecule has 0 radical (unpaired) electrons. The molecule has 0 aromatic rings. The van der Waals surface area contributed by atoms with Gasteiger partial charge in [-0.25, -0.2) is 0 Å². The molecule has 0 aromatic heterocycles. The Morgan fingerprint density at radius 2 is 1.75 bits per heavy atom. The van der Waals surface area contributed by atoms with Crippen LogP contribution in [0.15, 0.2) is 47.1 Å². The van der Waals surface area contributed by atoms with Crippen LogP contribution in [0.2, 0.25) is 0 Å². The minimum Gasteiger partial charge on any atom is -0.378 e. The molecule has 0 saturated carbocycles. The molecule has 4 unspecified atom stereocenters. The van der Waals surface area contributed by atoms with Gasteiger partial charge in [0.25, 0.3) is 0 Å². The molecule has 0 aromatic carbocycles. The van der Waals surface area contributed by atoms with Gasteiger partial charge < -0.3 is 10.2 Å². The molecule has 3 rings (SSSR count). The molecule has 5 heteroatoms. The van der Waals surface area contributed by atoms with E-state index < -0.39 is 12.5 Å². The third-order valence-corrected chi connectivity index (χ3v) is 7.84. The zero-order valence-electron chi connectivity index (χ0n) is 20.3. The topological polar surface area (TPSA) is 55.7 Å². The second-order valence-electron chi connectivity index (χ2n) is 10.6. The number of nitrogens with zero attached hydrogens (tertiary/aromatic N) is 1. The molecule has 3 N–H and O–H groups in total. The average molecular weight is 463 g/mol. The highest BCUT2D eigenvalue weighted by atomic mass is 35.5. The summed E-state index contributed by atoms with van der Waals surface area (Å²) in [5.74, 6) is 2.65. The lowest BCUT2D eigenvalue weighted by molar-refractivity contribution is -0.0660. The van der Waals surface area contributed by atoms with E-state index in [0.717, 1.165) is 43.8 Å². The lowest BCUT2D eigenvalue weighted by atomic mass is 9.80. The van der Waals surface area contributed by atoms with Gasteiger partial charge in [-0.3, -0.25) is 10.2 Å². The number of aliphatic hydroxyl groups excluding tert-OH is 2. The highest BCUT2D eigenvalue weighted by Crippen LogP contribution is 2.33. The second-order valence-corrected chi connectivity index (χ2v) is 11.0. The van der Waals surface area contributed by atoms with E-state index in [4.69, 9.17) is 11.6 Å². The first-order valence-corrected chi connectivity index (χ1v) is 12.9. The van der Waals surface area contributed by atoms with E-state index in [1.165, 1.54) is 5.57 Å². The number of piperidine rings is 1. The Kier molecular flexibility index (Phi) is 9.63. The van der Waals surface area contributed by atoms with Crippen LogP contribution in [0.5, 0.6) is 0 Å². The Morgan fingerprint density at radius 3 is 2.28 bits per heavy atom. The average Bonchev–Trinajstić information content (AvgIpc) is 2.78. The molecule has 32 heavy (non-hydrogen) atoms. The summed E-state index contributed by atoms with van der Waals surface area (Å²) >= 11 is 6.07. The van der Waals surface area contributed by atoms with E-state index in [9.17, 15) is 10.2 Å². The normalized spacial score (nSPS) is 28.0. The molecule has 2 aliphatic carbocycles. The van der Waals surface area contributed by atoms with Gasteiger partial charge >= 0.3 is 0 Å². The highest BCUT2D eigenvalue weighted by molar-refractivity contribution is 6.31. The predicted octanol–water partition coefficient (Wildman–Crippen LogP) is 5.20. The summed E-state index contributed by atoms with van der Waals surface area (Å²) in [6.07, 6.45) is 16.6. The van der Waals surface area contributed by atoms with Crippen LogP contribution < -0.4 is 5.32 Å². The first kappa shape index (κ1) is 25.7. The predicted molar refractivity (Wildman–Crippen MR) is 134 cm³/mol. The minimum absolute atomic E-state index is 0.172. The number of allylic oxidation sites excluding steroid dienone is 7. The fraction of sp³-hybridized carbons (Fsp3) is 0.704. The van der Waals surface area contributed by atoms with E-state index in [0.29, 0.717) is 30.1 Å². The summed E-state index contributed by atoms with van der Waals surface area (Å²) in [4.78, 5) is 2.18. The van der Waals surface area contributed by atoms with E-state index >= 15 is 0 Å². The summed E-state index contributed by atoms with van der Waals surface area (Å²) in [7, 11) is 0. The Bertz CT molecular complexity index is 719. The number of hydrogen-bond donors (Lipinski definition) is 3. The SMILES string of the molecule is CC(C)C1C=CC(CC(O)N[C@H](C(C)C)C(O)N2CCC(C3C=CC(Cl)=CC3)CC2)=CC1. The summed E-state index contributed by atoms with van der Waals surface area (Å²) in [6.45, 7) is 10.5. The molecule has 0 spiro atoms. The third kappa shape index (κ3) is 7.04. The second kappa shape index (κ2) is 12.0. The summed E-state index contributed by atoms with van der Waals surface area (Å²) in [5.41, 5.74) is 1.18. The lowest BCUT2D eigenvalue weighted by Crippen LogP contribution is -2.57. The zero-order chi connectivity index (χ0) is 23.3. The smallest absolute Gasteiger partial charge is 0.123 e. The van der Waals surface area contributed by atoms with Crippen LogP contribution in [0.3, 0.4) is 0 Å². The maximum atomic E-state index is 11.2. The molecule has 1 saturated heterocycles. The molecule has 0 amide bonds. The lowest BCUT2D eigenvalue weighted by Gasteiger charge is -2.42. The van der Waals surface area contributed by atoms with Crippen LogP contribution in [0.1, 0.15) is 59.8 Å². The van der Waals surface area contributed by atoms with Gasteiger partial charge in [-0.1, -0.05) is 69.7 Å².